The van der Waals surface area contributed by atoms with Crippen molar-refractivity contribution in [1.82, 2.24) is 0 Å². The summed E-state index contributed by atoms with van der Waals surface area (Å²) in [6.45, 7) is 1.81. The number of alkyl halides is 3. The number of ether oxygens (including phenoxy) is 2. The van der Waals surface area contributed by atoms with Gasteiger partial charge in [-0.1, -0.05) is 0 Å². The number of benzene rings is 1. The van der Waals surface area contributed by atoms with E-state index in [0.717, 1.165) is 11.0 Å². The van der Waals surface area contributed by atoms with E-state index in [1.807, 2.05) is 0 Å². The van der Waals surface area contributed by atoms with Gasteiger partial charge in [-0.15, -0.1) is 0 Å². The number of amides is 1. The van der Waals surface area contributed by atoms with Gasteiger partial charge < -0.3 is 14.6 Å². The molecule has 0 aromatic heterocycles. The molecule has 0 unspecified atom stereocenters. The number of nitriles is 1. The molecule has 1 aromatic rings. The summed E-state index contributed by atoms with van der Waals surface area (Å²) in [5, 5.41) is 19.4. The summed E-state index contributed by atoms with van der Waals surface area (Å²) in [4.78, 5) is 14.3. The lowest BCUT2D eigenvalue weighted by atomic mass is 9.65. The van der Waals surface area contributed by atoms with Crippen molar-refractivity contribution in [3.8, 4) is 6.07 Å². The first-order valence-electron chi connectivity index (χ1n) is 9.17. The third kappa shape index (κ3) is 2.18. The van der Waals surface area contributed by atoms with Gasteiger partial charge in [-0.3, -0.25) is 9.69 Å². The van der Waals surface area contributed by atoms with Crippen molar-refractivity contribution in [1.29, 1.82) is 5.26 Å². The molecular weight excluding hydrogens is 396 g/mol. The lowest BCUT2D eigenvalue weighted by Crippen LogP contribution is -2.53. The van der Waals surface area contributed by atoms with Crippen LogP contribution in [0.3, 0.4) is 0 Å². The summed E-state index contributed by atoms with van der Waals surface area (Å²) in [5.74, 6) is -3.24. The highest BCUT2D eigenvalue weighted by Gasteiger charge is 2.78. The van der Waals surface area contributed by atoms with Gasteiger partial charge in [-0.05, 0) is 19.1 Å². The van der Waals surface area contributed by atoms with Crippen LogP contribution in [0.5, 0.6) is 0 Å². The van der Waals surface area contributed by atoms with E-state index < -0.39 is 64.4 Å². The van der Waals surface area contributed by atoms with Gasteiger partial charge in [0, 0.05) is 24.4 Å². The second-order valence-corrected chi connectivity index (χ2v) is 8.25. The lowest BCUT2D eigenvalue weighted by Gasteiger charge is -2.42. The Morgan fingerprint density at radius 3 is 2.76 bits per heavy atom. The third-order valence-electron chi connectivity index (χ3n) is 6.86. The smallest absolute Gasteiger partial charge is 0.390 e. The molecule has 4 heterocycles. The van der Waals surface area contributed by atoms with Crippen LogP contribution in [-0.2, 0) is 20.4 Å². The van der Waals surface area contributed by atoms with Gasteiger partial charge in [0.2, 0.25) is 5.91 Å². The van der Waals surface area contributed by atoms with Crippen molar-refractivity contribution >= 4 is 11.6 Å². The second-order valence-electron chi connectivity index (χ2n) is 8.25. The quantitative estimate of drug-likeness (QED) is 0.716. The van der Waals surface area contributed by atoms with E-state index in [9.17, 15) is 27.5 Å². The Balaban J connectivity index is 1.65. The van der Waals surface area contributed by atoms with E-state index in [1.54, 1.807) is 6.92 Å². The largest absolute Gasteiger partial charge is 0.417 e. The van der Waals surface area contributed by atoms with Crippen molar-refractivity contribution < 1.29 is 36.9 Å². The first kappa shape index (κ1) is 18.8. The number of hydrogen-bond donors (Lipinski definition) is 1. The van der Waals surface area contributed by atoms with E-state index in [1.165, 1.54) is 6.07 Å². The van der Waals surface area contributed by atoms with Crippen LogP contribution in [0.1, 0.15) is 30.9 Å². The van der Waals surface area contributed by atoms with Crippen LogP contribution >= 0.6 is 0 Å². The fourth-order valence-electron chi connectivity index (χ4n) is 5.67. The topological polar surface area (TPSA) is 82.8 Å². The fourth-order valence-corrected chi connectivity index (χ4v) is 5.67. The molecule has 5 rings (SSSR count). The predicted molar refractivity (Wildman–Crippen MR) is 87.8 cm³/mol. The number of aliphatic hydroxyl groups excluding tert-OH is 1. The van der Waals surface area contributed by atoms with Gasteiger partial charge in [0.05, 0.1) is 29.8 Å². The lowest BCUT2D eigenvalue weighted by molar-refractivity contribution is -0.143. The Bertz CT molecular complexity index is 976. The average molecular weight is 412 g/mol. The highest BCUT2D eigenvalue weighted by atomic mass is 19.4. The number of nitrogens with zero attached hydrogens (tertiary/aromatic N) is 2. The van der Waals surface area contributed by atoms with Crippen LogP contribution in [0.15, 0.2) is 12.1 Å². The summed E-state index contributed by atoms with van der Waals surface area (Å²) < 4.78 is 66.4. The molecule has 2 bridgehead atoms. The van der Waals surface area contributed by atoms with Gasteiger partial charge in [0.15, 0.2) is 0 Å². The molecule has 10 heteroatoms. The van der Waals surface area contributed by atoms with Gasteiger partial charge in [-0.25, -0.2) is 4.39 Å². The van der Waals surface area contributed by atoms with Gasteiger partial charge in [0.1, 0.15) is 29.3 Å². The molecule has 4 fully saturated rings. The molecule has 1 N–H and O–H groups in total. The minimum Gasteiger partial charge on any atom is -0.390 e. The van der Waals surface area contributed by atoms with Crippen molar-refractivity contribution in [3.05, 3.63) is 29.1 Å². The highest BCUT2D eigenvalue weighted by Crippen LogP contribution is 2.65. The van der Waals surface area contributed by atoms with E-state index in [0.29, 0.717) is 18.9 Å². The molecule has 4 aliphatic heterocycles. The number of anilines is 1. The van der Waals surface area contributed by atoms with Crippen molar-refractivity contribution in [3.63, 3.8) is 0 Å². The Morgan fingerprint density at radius 1 is 1.38 bits per heavy atom. The molecular formula is C19H16F4N2O4. The van der Waals surface area contributed by atoms with Crippen molar-refractivity contribution in [2.24, 2.45) is 11.8 Å². The number of fused-ring (bicyclic) bond motifs is 2. The molecule has 154 valence electrons. The van der Waals surface area contributed by atoms with Crippen molar-refractivity contribution in [2.45, 2.75) is 49.5 Å². The Labute approximate surface area is 162 Å². The van der Waals surface area contributed by atoms with Crippen LogP contribution in [-0.4, -0.2) is 41.2 Å². The molecule has 1 aromatic carbocycles. The Kier molecular flexibility index (Phi) is 3.55. The Hall–Kier alpha value is -2.22. The summed E-state index contributed by atoms with van der Waals surface area (Å²) in [6, 6.07) is 2.59. The molecule has 1 spiro atoms. The predicted octanol–water partition coefficient (Wildman–Crippen LogP) is 2.33. The molecule has 4 aliphatic rings. The van der Waals surface area contributed by atoms with Crippen LogP contribution in [0.25, 0.3) is 0 Å². The summed E-state index contributed by atoms with van der Waals surface area (Å²) in [7, 11) is 0. The van der Waals surface area contributed by atoms with Crippen molar-refractivity contribution in [2.75, 3.05) is 11.5 Å². The summed E-state index contributed by atoms with van der Waals surface area (Å²) in [5.41, 5.74) is -4.88. The van der Waals surface area contributed by atoms with Gasteiger partial charge in [0.25, 0.3) is 0 Å². The minimum absolute atomic E-state index is 0.186. The molecule has 4 saturated heterocycles. The van der Waals surface area contributed by atoms with E-state index in [-0.39, 0.29) is 12.3 Å². The number of halogens is 4. The number of hydrogen-bond acceptors (Lipinski definition) is 5. The number of carbonyl (C=O) groups excluding carboxylic acids is 1. The zero-order valence-corrected chi connectivity index (χ0v) is 15.2. The molecule has 0 saturated carbocycles. The fraction of sp³-hybridized carbons (Fsp3) is 0.579. The Morgan fingerprint density at radius 2 is 2.10 bits per heavy atom. The number of rotatable bonds is 1. The second kappa shape index (κ2) is 5.47. The maximum atomic E-state index is 14.4. The highest BCUT2D eigenvalue weighted by molar-refractivity contribution is 6.00. The molecule has 0 radical (unpaired) electrons. The summed E-state index contributed by atoms with van der Waals surface area (Å²) >= 11 is 0. The first-order valence-corrected chi connectivity index (χ1v) is 9.17. The normalized spacial score (nSPS) is 40.3. The van der Waals surface area contributed by atoms with E-state index >= 15 is 0 Å². The third-order valence-corrected chi connectivity index (χ3v) is 6.86. The van der Waals surface area contributed by atoms with Crippen LogP contribution in [0.4, 0.5) is 23.2 Å². The van der Waals surface area contributed by atoms with E-state index in [2.05, 4.69) is 0 Å². The van der Waals surface area contributed by atoms with Gasteiger partial charge in [-0.2, -0.15) is 18.4 Å². The minimum atomic E-state index is -4.97. The molecule has 29 heavy (non-hydrogen) atoms. The standard InChI is InChI=1S/C19H16F4N2O4/c1-17-12(26)6-18(29-17)2-3-28-16-14(18)13(17)15(27)25(16)8-4-10(19(21,22)23)9(7-24)11(20)5-8/h4-5,12-14,16,26H,2-3,6H2,1H3/t12-,13-,14+,16+,17-,18+/m1/s1. The maximum absolute atomic E-state index is 14.4. The molecule has 6 nitrogen and oxygen atoms in total. The van der Waals surface area contributed by atoms with Crippen LogP contribution < -0.4 is 4.90 Å². The number of carbonyl (C=O) groups is 1. The van der Waals surface area contributed by atoms with Crippen LogP contribution in [0, 0.1) is 29.0 Å². The van der Waals surface area contributed by atoms with Crippen LogP contribution in [0.2, 0.25) is 0 Å². The first-order chi connectivity index (χ1) is 13.5. The SMILES string of the molecule is C[C@]12O[C@@]3(CCO[C@H]4[C@@H]3[C@@H]1C(=O)N4c1cc(F)c(C#N)c(C(F)(F)F)c1)C[C@H]2O. The number of aliphatic hydroxyl groups is 1. The van der Waals surface area contributed by atoms with E-state index in [4.69, 9.17) is 14.7 Å². The molecule has 1 amide bonds. The monoisotopic (exact) mass is 412 g/mol. The molecule has 6 atom stereocenters. The van der Waals surface area contributed by atoms with Gasteiger partial charge >= 0.3 is 6.18 Å². The zero-order valence-electron chi connectivity index (χ0n) is 15.2. The summed E-state index contributed by atoms with van der Waals surface area (Å²) in [6.07, 6.45) is -6.03. The molecule has 0 aliphatic carbocycles. The average Bonchev–Trinajstić information content (AvgIpc) is 3.17. The maximum Gasteiger partial charge on any atom is 0.417 e. The zero-order chi connectivity index (χ0) is 20.9.